The summed E-state index contributed by atoms with van der Waals surface area (Å²) < 4.78 is 61.8. The van der Waals surface area contributed by atoms with E-state index in [1.54, 1.807) is 6.07 Å². The minimum Gasteiger partial charge on any atom is -0.381 e. The highest BCUT2D eigenvalue weighted by molar-refractivity contribution is 5.83. The first kappa shape index (κ1) is 24.9. The molecule has 36 heavy (non-hydrogen) atoms. The van der Waals surface area contributed by atoms with Gasteiger partial charge in [-0.2, -0.15) is 8.78 Å². The predicted molar refractivity (Wildman–Crippen MR) is 124 cm³/mol. The van der Waals surface area contributed by atoms with Crippen LogP contribution >= 0.6 is 0 Å². The van der Waals surface area contributed by atoms with Crippen LogP contribution in [0, 0.1) is 29.4 Å². The molecule has 2 aliphatic heterocycles. The number of hydrogen-bond acceptors (Lipinski definition) is 6. The van der Waals surface area contributed by atoms with Crippen LogP contribution in [0.3, 0.4) is 0 Å². The Kier molecular flexibility index (Phi) is 6.86. The lowest BCUT2D eigenvalue weighted by Gasteiger charge is -2.27. The fourth-order valence-corrected chi connectivity index (χ4v) is 5.82. The third-order valence-electron chi connectivity index (χ3n) is 7.68. The number of benzene rings is 1. The van der Waals surface area contributed by atoms with Crippen LogP contribution in [0.2, 0.25) is 0 Å². The molecule has 11 heteroatoms. The first-order chi connectivity index (χ1) is 17.2. The highest BCUT2D eigenvalue weighted by Gasteiger charge is 2.42. The number of alkyl halides is 2. The molecule has 1 amide bonds. The van der Waals surface area contributed by atoms with Crippen LogP contribution in [0.1, 0.15) is 31.2 Å². The summed E-state index contributed by atoms with van der Waals surface area (Å²) in [5, 5.41) is 11.3. The fourth-order valence-electron chi connectivity index (χ4n) is 5.82. The van der Waals surface area contributed by atoms with Gasteiger partial charge >= 0.3 is 5.92 Å². The number of primary amides is 1. The molecule has 0 radical (unpaired) electrons. The van der Waals surface area contributed by atoms with E-state index in [1.807, 2.05) is 0 Å². The Morgan fingerprint density at radius 1 is 1.11 bits per heavy atom. The van der Waals surface area contributed by atoms with Gasteiger partial charge in [0.2, 0.25) is 0 Å². The molecule has 1 aromatic heterocycles. The number of aromatic nitrogens is 2. The summed E-state index contributed by atoms with van der Waals surface area (Å²) >= 11 is 0. The lowest BCUT2D eigenvalue weighted by atomic mass is 10.00. The highest BCUT2D eigenvalue weighted by Crippen LogP contribution is 2.40. The number of amides is 1. The SMILES string of the molecule is NC(=O)C(F)(F)c1cc(F)c(F)c(-c2ccc(NC3C[C@@H]4CN(CC5CCOCC5)C[C@@H]4C3)nn2)c1. The minimum absolute atomic E-state index is 0.133. The van der Waals surface area contributed by atoms with E-state index in [9.17, 15) is 22.4 Å². The van der Waals surface area contributed by atoms with Gasteiger partial charge < -0.3 is 20.7 Å². The summed E-state index contributed by atoms with van der Waals surface area (Å²) in [6.45, 7) is 5.07. The Balaban J connectivity index is 1.20. The number of carbonyl (C=O) groups excluding carboxylic acids is 1. The number of fused-ring (bicyclic) bond motifs is 1. The molecule has 3 aliphatic rings. The van der Waals surface area contributed by atoms with Crippen LogP contribution in [-0.2, 0) is 15.5 Å². The molecule has 1 unspecified atom stereocenters. The Hall–Kier alpha value is -2.79. The van der Waals surface area contributed by atoms with Crippen molar-refractivity contribution in [2.24, 2.45) is 23.5 Å². The number of ether oxygens (including phenoxy) is 1. The maximum absolute atomic E-state index is 14.4. The van der Waals surface area contributed by atoms with Crippen LogP contribution in [0.25, 0.3) is 11.3 Å². The normalized spacial score (nSPS) is 25.2. The zero-order valence-corrected chi connectivity index (χ0v) is 19.7. The van der Waals surface area contributed by atoms with Crippen molar-refractivity contribution in [2.75, 3.05) is 38.2 Å². The van der Waals surface area contributed by atoms with Gasteiger partial charge in [0.25, 0.3) is 5.91 Å². The van der Waals surface area contributed by atoms with Gasteiger partial charge in [-0.1, -0.05) is 0 Å². The summed E-state index contributed by atoms with van der Waals surface area (Å²) in [4.78, 5) is 13.7. The van der Waals surface area contributed by atoms with Gasteiger partial charge in [0.15, 0.2) is 11.6 Å². The van der Waals surface area contributed by atoms with Crippen LogP contribution in [0.15, 0.2) is 24.3 Å². The molecule has 7 nitrogen and oxygen atoms in total. The lowest BCUT2D eigenvalue weighted by Crippen LogP contribution is -2.33. The number of halogens is 4. The number of hydrogen-bond donors (Lipinski definition) is 2. The third-order valence-corrected chi connectivity index (χ3v) is 7.68. The van der Waals surface area contributed by atoms with Crippen LogP contribution in [0.4, 0.5) is 23.4 Å². The summed E-state index contributed by atoms with van der Waals surface area (Å²) in [6.07, 6.45) is 4.31. The van der Waals surface area contributed by atoms with Crippen LogP contribution < -0.4 is 11.1 Å². The number of nitrogens with one attached hydrogen (secondary N) is 1. The summed E-state index contributed by atoms with van der Waals surface area (Å²) in [6, 6.07) is 4.10. The number of likely N-dealkylation sites (tertiary alicyclic amines) is 1. The highest BCUT2D eigenvalue weighted by atomic mass is 19.3. The molecule has 0 bridgehead atoms. The van der Waals surface area contributed by atoms with Crippen molar-refractivity contribution in [1.29, 1.82) is 0 Å². The van der Waals surface area contributed by atoms with E-state index in [0.717, 1.165) is 64.4 Å². The van der Waals surface area contributed by atoms with Crippen molar-refractivity contribution >= 4 is 11.7 Å². The zero-order chi connectivity index (χ0) is 25.4. The molecule has 1 saturated carbocycles. The van der Waals surface area contributed by atoms with Crippen molar-refractivity contribution in [3.8, 4) is 11.3 Å². The Morgan fingerprint density at radius 2 is 1.81 bits per heavy atom. The number of nitrogens with zero attached hydrogens (tertiary/aromatic N) is 3. The summed E-state index contributed by atoms with van der Waals surface area (Å²) in [7, 11) is 0. The maximum atomic E-state index is 14.4. The molecule has 3 heterocycles. The molecular weight excluding hydrogens is 478 g/mol. The van der Waals surface area contributed by atoms with Crippen molar-refractivity contribution in [3.63, 3.8) is 0 Å². The zero-order valence-electron chi connectivity index (χ0n) is 19.7. The van der Waals surface area contributed by atoms with Gasteiger partial charge in [-0.3, -0.25) is 4.79 Å². The van der Waals surface area contributed by atoms with E-state index < -0.39 is 34.6 Å². The second-order valence-corrected chi connectivity index (χ2v) is 10.2. The second kappa shape index (κ2) is 9.93. The first-order valence-corrected chi connectivity index (χ1v) is 12.3. The molecule has 2 saturated heterocycles. The quantitative estimate of drug-likeness (QED) is 0.557. The van der Waals surface area contributed by atoms with Gasteiger partial charge in [0, 0.05) is 50.0 Å². The fraction of sp³-hybridized carbons (Fsp3) is 0.560. The number of nitrogens with two attached hydrogens (primary N) is 1. The molecule has 0 spiro atoms. The predicted octanol–water partition coefficient (Wildman–Crippen LogP) is 3.55. The van der Waals surface area contributed by atoms with Crippen LogP contribution in [-0.4, -0.2) is 59.9 Å². The molecule has 3 fully saturated rings. The van der Waals surface area contributed by atoms with Crippen molar-refractivity contribution < 1.29 is 27.1 Å². The smallest absolute Gasteiger partial charge is 0.349 e. The molecule has 3 atom stereocenters. The summed E-state index contributed by atoms with van der Waals surface area (Å²) in [5.74, 6) is -6.55. The van der Waals surface area contributed by atoms with E-state index in [4.69, 9.17) is 10.5 Å². The minimum atomic E-state index is -4.15. The molecule has 194 valence electrons. The van der Waals surface area contributed by atoms with E-state index in [-0.39, 0.29) is 17.8 Å². The van der Waals surface area contributed by atoms with Crippen molar-refractivity contribution in [2.45, 2.75) is 37.6 Å². The molecular formula is C25H29F4N5O2. The largest absolute Gasteiger partial charge is 0.381 e. The van der Waals surface area contributed by atoms with E-state index in [1.165, 1.54) is 6.07 Å². The maximum Gasteiger partial charge on any atom is 0.349 e. The Morgan fingerprint density at radius 3 is 2.42 bits per heavy atom. The van der Waals surface area contributed by atoms with E-state index in [2.05, 4.69) is 20.4 Å². The van der Waals surface area contributed by atoms with Gasteiger partial charge in [0.05, 0.1) is 5.69 Å². The topological polar surface area (TPSA) is 93.4 Å². The number of anilines is 1. The Bertz CT molecular complexity index is 1100. The van der Waals surface area contributed by atoms with Crippen LogP contribution in [0.5, 0.6) is 0 Å². The molecule has 5 rings (SSSR count). The summed E-state index contributed by atoms with van der Waals surface area (Å²) in [5.41, 5.74) is 3.01. The molecule has 1 aliphatic carbocycles. The monoisotopic (exact) mass is 507 g/mol. The lowest BCUT2D eigenvalue weighted by molar-refractivity contribution is -0.143. The average Bonchev–Trinajstić information content (AvgIpc) is 3.39. The van der Waals surface area contributed by atoms with Crippen molar-refractivity contribution in [3.05, 3.63) is 41.5 Å². The third kappa shape index (κ3) is 5.04. The van der Waals surface area contributed by atoms with Crippen molar-refractivity contribution in [1.82, 2.24) is 15.1 Å². The molecule has 1 aromatic carbocycles. The van der Waals surface area contributed by atoms with Gasteiger partial charge in [-0.25, -0.2) is 8.78 Å². The number of carbonyl (C=O) groups is 1. The molecule has 2 aromatic rings. The molecule has 3 N–H and O–H groups in total. The first-order valence-electron chi connectivity index (χ1n) is 12.3. The number of rotatable bonds is 7. The van der Waals surface area contributed by atoms with Gasteiger partial charge in [0.1, 0.15) is 5.82 Å². The van der Waals surface area contributed by atoms with E-state index in [0.29, 0.717) is 23.7 Å². The second-order valence-electron chi connectivity index (χ2n) is 10.2. The standard InChI is InChI=1S/C25H29F4N5O2/c26-20-10-17(25(28,29)24(30)35)9-19(23(20)27)21-1-2-22(33-32-21)31-18-7-15-12-34(13-16(15)8-18)11-14-3-5-36-6-4-14/h1-2,9-10,14-16,18H,3-8,11-13H2,(H2,30,35)(H,31,33)/t15-,16+,18?. The van der Waals surface area contributed by atoms with Gasteiger partial charge in [-0.05, 0) is 67.7 Å². The van der Waals surface area contributed by atoms with E-state index >= 15 is 0 Å². The average molecular weight is 508 g/mol. The van der Waals surface area contributed by atoms with Gasteiger partial charge in [-0.15, -0.1) is 10.2 Å². The Labute approximate surface area is 206 Å².